The smallest absolute Gasteiger partial charge is 0.323 e. The van der Waals surface area contributed by atoms with E-state index >= 15 is 0 Å². The molecule has 0 amide bonds. The van der Waals surface area contributed by atoms with E-state index in [0.29, 0.717) is 13.1 Å². The number of hydrogen-bond donors (Lipinski definition) is 1. The summed E-state index contributed by atoms with van der Waals surface area (Å²) in [5.41, 5.74) is 1.35. The summed E-state index contributed by atoms with van der Waals surface area (Å²) in [6, 6.07) is 1.94. The van der Waals surface area contributed by atoms with E-state index in [1.165, 1.54) is 0 Å². The number of aryl methyl sites for hydroxylation is 1. The van der Waals surface area contributed by atoms with Crippen LogP contribution in [0.15, 0.2) is 18.5 Å². The predicted octanol–water partition coefficient (Wildman–Crippen LogP) is 2.08. The molecule has 0 spiro atoms. The minimum atomic E-state index is -0.864. The first-order valence-corrected chi connectivity index (χ1v) is 5.77. The van der Waals surface area contributed by atoms with Gasteiger partial charge in [0.25, 0.3) is 0 Å². The fraction of sp³-hybridized carbons (Fsp3) is 0.538. The standard InChI is InChI=1S/C13H20N2O2/c1-5-15(13(3,4)12(16)17)9-11-8-14-7-6-10(11)2/h6-8H,5,9H2,1-4H3,(H,16,17). The summed E-state index contributed by atoms with van der Waals surface area (Å²) in [6.07, 6.45) is 3.55. The summed E-state index contributed by atoms with van der Waals surface area (Å²) in [6.45, 7) is 8.73. The van der Waals surface area contributed by atoms with Crippen molar-refractivity contribution < 1.29 is 9.90 Å². The van der Waals surface area contributed by atoms with E-state index in [1.54, 1.807) is 26.2 Å². The van der Waals surface area contributed by atoms with Crippen molar-refractivity contribution >= 4 is 5.97 Å². The Labute approximate surface area is 102 Å². The fourth-order valence-electron chi connectivity index (χ4n) is 1.71. The number of carboxylic acids is 1. The number of pyridine rings is 1. The maximum Gasteiger partial charge on any atom is 0.323 e. The zero-order chi connectivity index (χ0) is 13.1. The fourth-order valence-corrected chi connectivity index (χ4v) is 1.71. The van der Waals surface area contributed by atoms with Gasteiger partial charge in [-0.1, -0.05) is 6.92 Å². The van der Waals surface area contributed by atoms with Crippen LogP contribution in [0.2, 0.25) is 0 Å². The molecule has 0 fully saturated rings. The minimum Gasteiger partial charge on any atom is -0.480 e. The van der Waals surface area contributed by atoms with E-state index in [4.69, 9.17) is 0 Å². The first-order chi connectivity index (χ1) is 7.89. The van der Waals surface area contributed by atoms with Crippen molar-refractivity contribution in [2.45, 2.75) is 39.8 Å². The second-order valence-electron chi connectivity index (χ2n) is 4.68. The van der Waals surface area contributed by atoms with Crippen LogP contribution in [0, 0.1) is 6.92 Å². The van der Waals surface area contributed by atoms with E-state index in [1.807, 2.05) is 24.8 Å². The van der Waals surface area contributed by atoms with Crippen molar-refractivity contribution in [1.82, 2.24) is 9.88 Å². The molecule has 94 valence electrons. The molecule has 0 saturated carbocycles. The van der Waals surface area contributed by atoms with Gasteiger partial charge in [-0.2, -0.15) is 0 Å². The van der Waals surface area contributed by atoms with Crippen LogP contribution in [0.1, 0.15) is 31.9 Å². The molecule has 0 aliphatic heterocycles. The molecule has 0 bridgehead atoms. The molecule has 1 rings (SSSR count). The first-order valence-electron chi connectivity index (χ1n) is 5.77. The summed E-state index contributed by atoms with van der Waals surface area (Å²) in [5, 5.41) is 9.23. The van der Waals surface area contributed by atoms with E-state index in [-0.39, 0.29) is 0 Å². The highest BCUT2D eigenvalue weighted by Gasteiger charge is 2.33. The Morgan fingerprint density at radius 2 is 2.18 bits per heavy atom. The molecule has 0 saturated heterocycles. The Bertz CT molecular complexity index is 402. The van der Waals surface area contributed by atoms with Gasteiger partial charge >= 0.3 is 5.97 Å². The van der Waals surface area contributed by atoms with Crippen LogP contribution in [-0.2, 0) is 11.3 Å². The first kappa shape index (κ1) is 13.6. The average Bonchev–Trinajstić information content (AvgIpc) is 2.27. The number of carboxylic acid groups (broad SMARTS) is 1. The third-order valence-corrected chi connectivity index (χ3v) is 3.20. The molecule has 0 unspecified atom stereocenters. The van der Waals surface area contributed by atoms with Crippen LogP contribution in [0.5, 0.6) is 0 Å². The second-order valence-corrected chi connectivity index (χ2v) is 4.68. The van der Waals surface area contributed by atoms with Gasteiger partial charge in [0.15, 0.2) is 0 Å². The second kappa shape index (κ2) is 5.27. The summed E-state index contributed by atoms with van der Waals surface area (Å²) < 4.78 is 0. The number of nitrogens with zero attached hydrogens (tertiary/aromatic N) is 2. The molecule has 1 N–H and O–H groups in total. The third kappa shape index (κ3) is 3.03. The summed E-state index contributed by atoms with van der Waals surface area (Å²) in [4.78, 5) is 17.3. The van der Waals surface area contributed by atoms with Crippen LogP contribution < -0.4 is 0 Å². The topological polar surface area (TPSA) is 53.4 Å². The van der Waals surface area contributed by atoms with Crippen LogP contribution in [0.3, 0.4) is 0 Å². The van der Waals surface area contributed by atoms with Gasteiger partial charge in [0.2, 0.25) is 0 Å². The molecule has 1 aromatic rings. The van der Waals surface area contributed by atoms with E-state index < -0.39 is 11.5 Å². The molecule has 0 radical (unpaired) electrons. The van der Waals surface area contributed by atoms with Crippen LogP contribution in [0.4, 0.5) is 0 Å². The number of hydrogen-bond acceptors (Lipinski definition) is 3. The number of carbonyl (C=O) groups is 1. The lowest BCUT2D eigenvalue weighted by molar-refractivity contribution is -0.149. The molecule has 0 aliphatic rings. The van der Waals surface area contributed by atoms with Crippen LogP contribution in [0.25, 0.3) is 0 Å². The number of rotatable bonds is 5. The lowest BCUT2D eigenvalue weighted by Crippen LogP contribution is -2.49. The van der Waals surface area contributed by atoms with Gasteiger partial charge in [-0.3, -0.25) is 14.7 Å². The van der Waals surface area contributed by atoms with Gasteiger partial charge < -0.3 is 5.11 Å². The number of likely N-dealkylation sites (N-methyl/N-ethyl adjacent to an activating group) is 1. The van der Waals surface area contributed by atoms with E-state index in [9.17, 15) is 9.90 Å². The van der Waals surface area contributed by atoms with Crippen molar-refractivity contribution in [3.05, 3.63) is 29.6 Å². The van der Waals surface area contributed by atoms with E-state index in [2.05, 4.69) is 4.98 Å². The van der Waals surface area contributed by atoms with Gasteiger partial charge in [0, 0.05) is 18.9 Å². The molecular formula is C13H20N2O2. The molecular weight excluding hydrogens is 216 g/mol. The van der Waals surface area contributed by atoms with Crippen molar-refractivity contribution in [2.24, 2.45) is 0 Å². The Balaban J connectivity index is 2.92. The van der Waals surface area contributed by atoms with Crippen molar-refractivity contribution in [1.29, 1.82) is 0 Å². The molecule has 0 aromatic carbocycles. The lowest BCUT2D eigenvalue weighted by atomic mass is 10.0. The lowest BCUT2D eigenvalue weighted by Gasteiger charge is -2.34. The quantitative estimate of drug-likeness (QED) is 0.850. The molecule has 0 atom stereocenters. The SMILES string of the molecule is CCN(Cc1cnccc1C)C(C)(C)C(=O)O. The largest absolute Gasteiger partial charge is 0.480 e. The molecule has 4 heteroatoms. The highest BCUT2D eigenvalue weighted by molar-refractivity contribution is 5.77. The summed E-state index contributed by atoms with van der Waals surface area (Å²) in [5.74, 6) is -0.805. The normalized spacial score (nSPS) is 11.8. The molecule has 0 aliphatic carbocycles. The van der Waals surface area contributed by atoms with E-state index in [0.717, 1.165) is 11.1 Å². The zero-order valence-corrected chi connectivity index (χ0v) is 10.9. The van der Waals surface area contributed by atoms with Crippen molar-refractivity contribution in [3.63, 3.8) is 0 Å². The Morgan fingerprint density at radius 1 is 1.53 bits per heavy atom. The number of aliphatic carboxylic acids is 1. The molecule has 17 heavy (non-hydrogen) atoms. The van der Waals surface area contributed by atoms with Crippen LogP contribution in [-0.4, -0.2) is 33.0 Å². The predicted molar refractivity (Wildman–Crippen MR) is 66.8 cm³/mol. The average molecular weight is 236 g/mol. The van der Waals surface area contributed by atoms with Gasteiger partial charge in [-0.15, -0.1) is 0 Å². The Hall–Kier alpha value is -1.42. The third-order valence-electron chi connectivity index (χ3n) is 3.20. The minimum absolute atomic E-state index is 0.607. The highest BCUT2D eigenvalue weighted by atomic mass is 16.4. The molecule has 4 nitrogen and oxygen atoms in total. The van der Waals surface area contributed by atoms with Gasteiger partial charge in [0.05, 0.1) is 0 Å². The maximum absolute atomic E-state index is 11.2. The van der Waals surface area contributed by atoms with Crippen LogP contribution >= 0.6 is 0 Å². The summed E-state index contributed by atoms with van der Waals surface area (Å²) in [7, 11) is 0. The highest BCUT2D eigenvalue weighted by Crippen LogP contribution is 2.19. The Kier molecular flexibility index (Phi) is 4.23. The van der Waals surface area contributed by atoms with Gasteiger partial charge in [0.1, 0.15) is 5.54 Å². The molecule has 1 aromatic heterocycles. The summed E-state index contributed by atoms with van der Waals surface area (Å²) >= 11 is 0. The molecule has 1 heterocycles. The van der Waals surface area contributed by atoms with Crippen molar-refractivity contribution in [2.75, 3.05) is 6.54 Å². The maximum atomic E-state index is 11.2. The van der Waals surface area contributed by atoms with Gasteiger partial charge in [-0.25, -0.2) is 0 Å². The Morgan fingerprint density at radius 3 is 2.65 bits per heavy atom. The zero-order valence-electron chi connectivity index (χ0n) is 10.9. The number of aromatic nitrogens is 1. The van der Waals surface area contributed by atoms with Crippen molar-refractivity contribution in [3.8, 4) is 0 Å². The monoisotopic (exact) mass is 236 g/mol. The van der Waals surface area contributed by atoms with Gasteiger partial charge in [-0.05, 0) is 44.5 Å².